The van der Waals surface area contributed by atoms with E-state index in [4.69, 9.17) is 4.74 Å². The predicted octanol–water partition coefficient (Wildman–Crippen LogP) is 3.26. The van der Waals surface area contributed by atoms with Gasteiger partial charge in [-0.05, 0) is 18.9 Å². The van der Waals surface area contributed by atoms with Crippen molar-refractivity contribution in [3.05, 3.63) is 35.4 Å². The molecule has 1 aliphatic heterocycles. The van der Waals surface area contributed by atoms with E-state index in [0.29, 0.717) is 12.0 Å². The van der Waals surface area contributed by atoms with E-state index in [1.165, 1.54) is 11.1 Å². The molecule has 1 heterocycles. The Morgan fingerprint density at radius 2 is 2.07 bits per heavy atom. The number of halogens is 1. The Hall–Kier alpha value is -0.340. The Bertz CT molecular complexity index is 294. The molecule has 1 aromatic rings. The van der Waals surface area contributed by atoms with Crippen molar-refractivity contribution < 1.29 is 4.74 Å². The van der Waals surface area contributed by atoms with Crippen molar-refractivity contribution >= 4 is 15.9 Å². The van der Waals surface area contributed by atoms with Crippen LogP contribution in [0.2, 0.25) is 0 Å². The number of hydrogen-bond donors (Lipinski definition) is 0. The first-order valence-corrected chi connectivity index (χ1v) is 6.16. The minimum absolute atomic E-state index is 0.404. The Labute approximate surface area is 93.6 Å². The van der Waals surface area contributed by atoms with Crippen LogP contribution < -0.4 is 0 Å². The van der Waals surface area contributed by atoms with E-state index in [2.05, 4.69) is 47.1 Å². The van der Waals surface area contributed by atoms with Crippen molar-refractivity contribution in [1.29, 1.82) is 0 Å². The van der Waals surface area contributed by atoms with Crippen LogP contribution in [0.15, 0.2) is 24.3 Å². The highest BCUT2D eigenvalue weighted by Crippen LogP contribution is 2.30. The molecule has 1 aliphatic rings. The fourth-order valence-corrected chi connectivity index (χ4v) is 2.34. The van der Waals surface area contributed by atoms with Crippen LogP contribution in [0.1, 0.15) is 23.5 Å². The van der Waals surface area contributed by atoms with E-state index in [0.717, 1.165) is 18.4 Å². The number of alkyl halides is 1. The van der Waals surface area contributed by atoms with Crippen LogP contribution in [-0.2, 0) is 4.74 Å². The topological polar surface area (TPSA) is 9.23 Å². The van der Waals surface area contributed by atoms with Gasteiger partial charge in [-0.3, -0.25) is 0 Å². The fourth-order valence-electron chi connectivity index (χ4n) is 1.88. The van der Waals surface area contributed by atoms with E-state index < -0.39 is 0 Å². The molecule has 2 heteroatoms. The van der Waals surface area contributed by atoms with E-state index >= 15 is 0 Å². The van der Waals surface area contributed by atoms with Crippen LogP contribution in [0.3, 0.4) is 0 Å². The molecule has 0 spiro atoms. The maximum absolute atomic E-state index is 5.65. The minimum Gasteiger partial charge on any atom is -0.377 e. The summed E-state index contributed by atoms with van der Waals surface area (Å²) in [6.45, 7) is 3.00. The molecule has 0 aliphatic carbocycles. The highest BCUT2D eigenvalue weighted by atomic mass is 79.9. The van der Waals surface area contributed by atoms with Gasteiger partial charge in [-0.25, -0.2) is 0 Å². The van der Waals surface area contributed by atoms with Crippen molar-refractivity contribution in [2.75, 3.05) is 11.9 Å². The Morgan fingerprint density at radius 3 is 2.64 bits per heavy atom. The Balaban J connectivity index is 2.06. The lowest BCUT2D eigenvalue weighted by Crippen LogP contribution is -2.05. The molecule has 2 atom stereocenters. The first kappa shape index (κ1) is 10.2. The average Bonchev–Trinajstić information content (AvgIpc) is 2.67. The van der Waals surface area contributed by atoms with Crippen LogP contribution in [0.25, 0.3) is 0 Å². The second-order valence-electron chi connectivity index (χ2n) is 3.95. The number of aryl methyl sites for hydroxylation is 1. The summed E-state index contributed by atoms with van der Waals surface area (Å²) < 4.78 is 5.65. The molecule has 2 unspecified atom stereocenters. The van der Waals surface area contributed by atoms with Gasteiger partial charge in [0, 0.05) is 11.2 Å². The van der Waals surface area contributed by atoms with Crippen LogP contribution >= 0.6 is 15.9 Å². The molecule has 1 nitrogen and oxygen atoms in total. The quantitative estimate of drug-likeness (QED) is 0.737. The van der Waals surface area contributed by atoms with Gasteiger partial charge >= 0.3 is 0 Å². The number of rotatable bonds is 2. The number of ether oxygens (including phenoxy) is 1. The zero-order chi connectivity index (χ0) is 9.97. The number of benzene rings is 1. The average molecular weight is 255 g/mol. The van der Waals surface area contributed by atoms with E-state index in [9.17, 15) is 0 Å². The molecule has 0 saturated carbocycles. The van der Waals surface area contributed by atoms with Crippen molar-refractivity contribution in [2.45, 2.75) is 25.4 Å². The van der Waals surface area contributed by atoms with E-state index in [-0.39, 0.29) is 0 Å². The predicted molar refractivity (Wildman–Crippen MR) is 62.1 cm³/mol. The first-order chi connectivity index (χ1) is 6.79. The summed E-state index contributed by atoms with van der Waals surface area (Å²) in [6, 6.07) is 8.80. The standard InChI is InChI=1S/C12H15BrO/c1-9-2-4-10(5-3-9)11-6-12(7-13)14-8-11/h2-5,11-12H,6-8H2,1H3. The summed E-state index contributed by atoms with van der Waals surface area (Å²) in [5.74, 6) is 0.596. The van der Waals surface area contributed by atoms with Crippen LogP contribution in [0.4, 0.5) is 0 Å². The summed E-state index contributed by atoms with van der Waals surface area (Å²) in [5, 5.41) is 0.954. The Kier molecular flexibility index (Phi) is 3.24. The summed E-state index contributed by atoms with van der Waals surface area (Å²) in [7, 11) is 0. The number of hydrogen-bond acceptors (Lipinski definition) is 1. The monoisotopic (exact) mass is 254 g/mol. The molecule has 0 N–H and O–H groups in total. The third-order valence-electron chi connectivity index (χ3n) is 2.80. The molecule has 1 saturated heterocycles. The maximum Gasteiger partial charge on any atom is 0.0678 e. The van der Waals surface area contributed by atoms with Crippen molar-refractivity contribution in [1.82, 2.24) is 0 Å². The first-order valence-electron chi connectivity index (χ1n) is 5.03. The second-order valence-corrected chi connectivity index (χ2v) is 4.60. The molecule has 2 rings (SSSR count). The van der Waals surface area contributed by atoms with Gasteiger partial charge in [-0.2, -0.15) is 0 Å². The highest BCUT2D eigenvalue weighted by molar-refractivity contribution is 9.09. The molecule has 14 heavy (non-hydrogen) atoms. The van der Waals surface area contributed by atoms with Gasteiger partial charge < -0.3 is 4.74 Å². The zero-order valence-corrected chi connectivity index (χ0v) is 9.96. The fraction of sp³-hybridized carbons (Fsp3) is 0.500. The van der Waals surface area contributed by atoms with Gasteiger partial charge in [0.15, 0.2) is 0 Å². The third kappa shape index (κ3) is 2.18. The molecule has 0 radical (unpaired) electrons. The van der Waals surface area contributed by atoms with Crippen molar-refractivity contribution in [3.63, 3.8) is 0 Å². The lowest BCUT2D eigenvalue weighted by molar-refractivity contribution is 0.127. The molecule has 0 aromatic heterocycles. The summed E-state index contributed by atoms with van der Waals surface area (Å²) in [4.78, 5) is 0. The molecular formula is C12H15BrO. The van der Waals surface area contributed by atoms with Crippen LogP contribution in [0.5, 0.6) is 0 Å². The van der Waals surface area contributed by atoms with Crippen LogP contribution in [0, 0.1) is 6.92 Å². The van der Waals surface area contributed by atoms with Gasteiger partial charge in [-0.1, -0.05) is 45.8 Å². The van der Waals surface area contributed by atoms with E-state index in [1.807, 2.05) is 0 Å². The Morgan fingerprint density at radius 1 is 1.36 bits per heavy atom. The second kappa shape index (κ2) is 4.45. The van der Waals surface area contributed by atoms with Crippen molar-refractivity contribution in [2.24, 2.45) is 0 Å². The molecule has 0 amide bonds. The normalized spacial score (nSPS) is 26.7. The molecular weight excluding hydrogens is 240 g/mol. The molecule has 1 aromatic carbocycles. The summed E-state index contributed by atoms with van der Waals surface area (Å²) >= 11 is 3.46. The van der Waals surface area contributed by atoms with Gasteiger partial charge in [0.2, 0.25) is 0 Å². The summed E-state index contributed by atoms with van der Waals surface area (Å²) in [6.07, 6.45) is 1.55. The van der Waals surface area contributed by atoms with Crippen molar-refractivity contribution in [3.8, 4) is 0 Å². The van der Waals surface area contributed by atoms with Gasteiger partial charge in [0.25, 0.3) is 0 Å². The minimum atomic E-state index is 0.404. The largest absolute Gasteiger partial charge is 0.377 e. The van der Waals surface area contributed by atoms with Crippen LogP contribution in [-0.4, -0.2) is 18.0 Å². The zero-order valence-electron chi connectivity index (χ0n) is 8.37. The lowest BCUT2D eigenvalue weighted by Gasteiger charge is -2.08. The highest BCUT2D eigenvalue weighted by Gasteiger charge is 2.25. The SMILES string of the molecule is Cc1ccc(C2COC(CBr)C2)cc1. The maximum atomic E-state index is 5.65. The summed E-state index contributed by atoms with van der Waals surface area (Å²) in [5.41, 5.74) is 2.74. The van der Waals surface area contributed by atoms with Gasteiger partial charge in [-0.15, -0.1) is 0 Å². The molecule has 76 valence electrons. The molecule has 0 bridgehead atoms. The smallest absolute Gasteiger partial charge is 0.0678 e. The lowest BCUT2D eigenvalue weighted by atomic mass is 9.96. The van der Waals surface area contributed by atoms with Gasteiger partial charge in [0.05, 0.1) is 12.7 Å². The van der Waals surface area contributed by atoms with Gasteiger partial charge in [0.1, 0.15) is 0 Å². The van der Waals surface area contributed by atoms with E-state index in [1.54, 1.807) is 0 Å². The third-order valence-corrected chi connectivity index (χ3v) is 3.52. The molecule has 1 fully saturated rings.